The van der Waals surface area contributed by atoms with Crippen molar-refractivity contribution in [2.75, 3.05) is 6.54 Å². The molecule has 0 radical (unpaired) electrons. The fraction of sp³-hybridized carbons (Fsp3) is 1.00. The normalized spacial score (nSPS) is 11.6. The fourth-order valence-electron chi connectivity index (χ4n) is 4.29. The molecule has 0 heterocycles. The van der Waals surface area contributed by atoms with Crippen LogP contribution >= 0.6 is 0 Å². The van der Waals surface area contributed by atoms with Gasteiger partial charge in [0.1, 0.15) is 0 Å². The third-order valence-electron chi connectivity index (χ3n) is 6.25. The molecule has 0 fully saturated rings. The van der Waals surface area contributed by atoms with Crippen LogP contribution < -0.4 is 5.73 Å². The highest BCUT2D eigenvalue weighted by atomic mass is 14.5. The summed E-state index contributed by atoms with van der Waals surface area (Å²) in [5.41, 5.74) is 5.53. The average molecular weight is 382 g/mol. The van der Waals surface area contributed by atoms with Crippen molar-refractivity contribution in [1.29, 1.82) is 0 Å². The van der Waals surface area contributed by atoms with Crippen LogP contribution in [-0.2, 0) is 0 Å². The lowest BCUT2D eigenvalue weighted by Gasteiger charge is -2.16. The van der Waals surface area contributed by atoms with Gasteiger partial charge in [0, 0.05) is 0 Å². The fourth-order valence-corrected chi connectivity index (χ4v) is 4.29. The highest BCUT2D eigenvalue weighted by Crippen LogP contribution is 2.23. The third kappa shape index (κ3) is 22.1. The Morgan fingerprint density at radius 3 is 1.04 bits per heavy atom. The molecule has 0 saturated heterocycles. The Hall–Kier alpha value is -0.0400. The quantitative estimate of drug-likeness (QED) is 0.175. The first kappa shape index (κ1) is 27.0. The van der Waals surface area contributed by atoms with Crippen molar-refractivity contribution in [3.63, 3.8) is 0 Å². The van der Waals surface area contributed by atoms with Crippen molar-refractivity contribution in [1.82, 2.24) is 0 Å². The highest BCUT2D eigenvalue weighted by Gasteiger charge is 2.07. The van der Waals surface area contributed by atoms with E-state index < -0.39 is 0 Å². The van der Waals surface area contributed by atoms with Gasteiger partial charge < -0.3 is 5.73 Å². The molecular formula is C26H55N. The molecule has 27 heavy (non-hydrogen) atoms. The van der Waals surface area contributed by atoms with Gasteiger partial charge in [-0.1, -0.05) is 149 Å². The van der Waals surface area contributed by atoms with Crippen LogP contribution in [0.2, 0.25) is 0 Å². The van der Waals surface area contributed by atoms with Crippen LogP contribution in [0.15, 0.2) is 0 Å². The van der Waals surface area contributed by atoms with Gasteiger partial charge in [0.25, 0.3) is 0 Å². The maximum atomic E-state index is 5.53. The molecule has 0 aliphatic heterocycles. The molecule has 0 bridgehead atoms. The van der Waals surface area contributed by atoms with Crippen LogP contribution in [0, 0.1) is 5.92 Å². The minimum Gasteiger partial charge on any atom is -0.330 e. The van der Waals surface area contributed by atoms with Crippen LogP contribution in [0.5, 0.6) is 0 Å². The average Bonchev–Trinajstić information content (AvgIpc) is 2.69. The van der Waals surface area contributed by atoms with E-state index in [0.717, 1.165) is 12.5 Å². The van der Waals surface area contributed by atoms with Gasteiger partial charge in [0.2, 0.25) is 0 Å². The predicted octanol–water partition coefficient (Wildman–Crippen LogP) is 9.18. The van der Waals surface area contributed by atoms with E-state index in [1.807, 2.05) is 0 Å². The van der Waals surface area contributed by atoms with Crippen LogP contribution in [0.1, 0.15) is 155 Å². The summed E-state index contributed by atoms with van der Waals surface area (Å²) in [5.74, 6) is 1.03. The van der Waals surface area contributed by atoms with Gasteiger partial charge in [0.15, 0.2) is 0 Å². The zero-order chi connectivity index (χ0) is 19.8. The van der Waals surface area contributed by atoms with Crippen LogP contribution in [-0.4, -0.2) is 6.54 Å². The predicted molar refractivity (Wildman–Crippen MR) is 125 cm³/mol. The van der Waals surface area contributed by atoms with E-state index in [2.05, 4.69) is 13.8 Å². The smallest absolute Gasteiger partial charge is 0.00773 e. The number of nitrogens with two attached hydrogens (primary N) is 1. The molecule has 0 rings (SSSR count). The van der Waals surface area contributed by atoms with Crippen molar-refractivity contribution in [2.24, 2.45) is 11.7 Å². The number of unbranched alkanes of at least 4 members (excludes halogenated alkanes) is 16. The summed E-state index contributed by atoms with van der Waals surface area (Å²) < 4.78 is 0. The van der Waals surface area contributed by atoms with Crippen molar-refractivity contribution >= 4 is 0 Å². The SMILES string of the molecule is CCCCC(CCCC)CCCCCCCCCCCCCCCCCN. The Morgan fingerprint density at radius 1 is 0.407 bits per heavy atom. The van der Waals surface area contributed by atoms with E-state index in [0.29, 0.717) is 0 Å². The highest BCUT2D eigenvalue weighted by molar-refractivity contribution is 4.60. The first-order valence-electron chi connectivity index (χ1n) is 13.0. The molecule has 0 atom stereocenters. The summed E-state index contributed by atoms with van der Waals surface area (Å²) in [6.45, 7) is 5.54. The largest absolute Gasteiger partial charge is 0.330 e. The molecule has 0 saturated carbocycles. The van der Waals surface area contributed by atoms with Gasteiger partial charge in [-0.25, -0.2) is 0 Å². The molecule has 0 aliphatic rings. The first-order chi connectivity index (χ1) is 13.3. The van der Waals surface area contributed by atoms with E-state index in [-0.39, 0.29) is 0 Å². The molecule has 0 spiro atoms. The number of hydrogen-bond acceptors (Lipinski definition) is 1. The Labute approximate surface area is 173 Å². The lowest BCUT2D eigenvalue weighted by atomic mass is 9.90. The summed E-state index contributed by atoms with van der Waals surface area (Å²) in [5, 5.41) is 0. The van der Waals surface area contributed by atoms with Crippen molar-refractivity contribution in [3.8, 4) is 0 Å². The summed E-state index contributed by atoms with van der Waals surface area (Å²) >= 11 is 0. The van der Waals surface area contributed by atoms with E-state index in [1.165, 1.54) is 141 Å². The molecule has 0 unspecified atom stereocenters. The van der Waals surface area contributed by atoms with Crippen molar-refractivity contribution < 1.29 is 0 Å². The molecule has 0 amide bonds. The van der Waals surface area contributed by atoms with Gasteiger partial charge >= 0.3 is 0 Å². The maximum absolute atomic E-state index is 5.53. The van der Waals surface area contributed by atoms with Crippen LogP contribution in [0.4, 0.5) is 0 Å². The second kappa shape index (κ2) is 24.0. The second-order valence-corrected chi connectivity index (χ2v) is 9.03. The van der Waals surface area contributed by atoms with E-state index in [9.17, 15) is 0 Å². The molecule has 0 aromatic rings. The topological polar surface area (TPSA) is 26.0 Å². The molecule has 0 aromatic heterocycles. The van der Waals surface area contributed by atoms with Gasteiger partial charge in [-0.15, -0.1) is 0 Å². The number of hydrogen-bond donors (Lipinski definition) is 1. The zero-order valence-corrected chi connectivity index (χ0v) is 19.4. The summed E-state index contributed by atoms with van der Waals surface area (Å²) in [4.78, 5) is 0. The molecule has 1 nitrogen and oxygen atoms in total. The summed E-state index contributed by atoms with van der Waals surface area (Å²) in [6.07, 6.45) is 31.7. The van der Waals surface area contributed by atoms with Gasteiger partial charge in [-0.05, 0) is 18.9 Å². The maximum Gasteiger partial charge on any atom is -0.00773 e. The Kier molecular flexibility index (Phi) is 24.0. The minimum absolute atomic E-state index is 0.873. The van der Waals surface area contributed by atoms with E-state index >= 15 is 0 Å². The summed E-state index contributed by atoms with van der Waals surface area (Å²) in [7, 11) is 0. The Morgan fingerprint density at radius 2 is 0.704 bits per heavy atom. The van der Waals surface area contributed by atoms with E-state index in [4.69, 9.17) is 5.73 Å². The zero-order valence-electron chi connectivity index (χ0n) is 19.4. The Bertz CT molecular complexity index is 243. The monoisotopic (exact) mass is 381 g/mol. The molecule has 2 N–H and O–H groups in total. The number of rotatable bonds is 23. The molecule has 0 aromatic carbocycles. The van der Waals surface area contributed by atoms with Crippen molar-refractivity contribution in [2.45, 2.75) is 155 Å². The molecule has 0 aliphatic carbocycles. The van der Waals surface area contributed by atoms with Crippen LogP contribution in [0.3, 0.4) is 0 Å². The summed E-state index contributed by atoms with van der Waals surface area (Å²) in [6, 6.07) is 0. The lowest BCUT2D eigenvalue weighted by molar-refractivity contribution is 0.376. The Balaban J connectivity index is 3.24. The first-order valence-corrected chi connectivity index (χ1v) is 13.0. The molecule has 164 valence electrons. The lowest BCUT2D eigenvalue weighted by Crippen LogP contribution is -2.01. The second-order valence-electron chi connectivity index (χ2n) is 9.03. The third-order valence-corrected chi connectivity index (χ3v) is 6.25. The minimum atomic E-state index is 0.873. The van der Waals surface area contributed by atoms with Gasteiger partial charge in [-0.2, -0.15) is 0 Å². The van der Waals surface area contributed by atoms with Gasteiger partial charge in [-0.3, -0.25) is 0 Å². The van der Waals surface area contributed by atoms with E-state index in [1.54, 1.807) is 0 Å². The molecular weight excluding hydrogens is 326 g/mol. The standard InChI is InChI=1S/C26H55N/c1-3-5-22-26(23-6-4-2)24-20-18-16-14-12-10-8-7-9-11-13-15-17-19-21-25-27/h26H,3-25,27H2,1-2H3. The van der Waals surface area contributed by atoms with Gasteiger partial charge in [0.05, 0.1) is 0 Å². The van der Waals surface area contributed by atoms with Crippen LogP contribution in [0.25, 0.3) is 0 Å². The van der Waals surface area contributed by atoms with Crippen molar-refractivity contribution in [3.05, 3.63) is 0 Å². The molecule has 1 heteroatoms.